The smallest absolute Gasteiger partial charge is 0.216 e. The molecule has 2 aliphatic rings. The molecule has 0 saturated heterocycles. The Morgan fingerprint density at radius 3 is 2.82 bits per heavy atom. The van der Waals surface area contributed by atoms with Crippen molar-refractivity contribution in [1.29, 1.82) is 0 Å². The minimum Gasteiger partial charge on any atom is -0.481 e. The Morgan fingerprint density at radius 1 is 1.35 bits per heavy atom. The second-order valence-corrected chi connectivity index (χ2v) is 5.12. The van der Waals surface area contributed by atoms with Gasteiger partial charge in [-0.3, -0.25) is 4.79 Å². The van der Waals surface area contributed by atoms with Gasteiger partial charge in [0.2, 0.25) is 5.88 Å². The van der Waals surface area contributed by atoms with E-state index in [0.717, 1.165) is 30.4 Å². The van der Waals surface area contributed by atoms with Gasteiger partial charge in [-0.1, -0.05) is 0 Å². The molecule has 1 aromatic heterocycles. The third-order valence-corrected chi connectivity index (χ3v) is 3.96. The molecular formula is C13H16N2O2. The quantitative estimate of drug-likeness (QED) is 0.792. The first-order valence-electron chi connectivity index (χ1n) is 6.14. The molecule has 0 amide bonds. The molecule has 1 aromatic rings. The van der Waals surface area contributed by atoms with Crippen molar-refractivity contribution in [3.8, 4) is 5.88 Å². The maximum atomic E-state index is 12.1. The lowest BCUT2D eigenvalue weighted by molar-refractivity contribution is -0.122. The summed E-state index contributed by atoms with van der Waals surface area (Å²) in [6.45, 7) is 0. The highest BCUT2D eigenvalue weighted by atomic mass is 16.5. The maximum Gasteiger partial charge on any atom is 0.216 e. The van der Waals surface area contributed by atoms with Gasteiger partial charge in [0.05, 0.1) is 12.8 Å². The first-order chi connectivity index (χ1) is 8.26. The molecule has 90 valence electrons. The summed E-state index contributed by atoms with van der Waals surface area (Å²) in [5.74, 6) is 2.84. The van der Waals surface area contributed by atoms with Crippen LogP contribution in [0.4, 0.5) is 0 Å². The molecule has 2 unspecified atom stereocenters. The van der Waals surface area contributed by atoms with Crippen molar-refractivity contribution in [3.63, 3.8) is 0 Å². The average molecular weight is 232 g/mol. The van der Waals surface area contributed by atoms with Gasteiger partial charge in [0, 0.05) is 18.4 Å². The number of aromatic nitrogens is 2. The van der Waals surface area contributed by atoms with Crippen LogP contribution in [0.1, 0.15) is 25.0 Å². The first kappa shape index (κ1) is 10.7. The van der Waals surface area contributed by atoms with E-state index in [1.165, 1.54) is 12.7 Å². The molecule has 2 aliphatic carbocycles. The zero-order valence-corrected chi connectivity index (χ0v) is 9.93. The first-order valence-corrected chi connectivity index (χ1v) is 6.14. The predicted octanol–water partition coefficient (Wildman–Crippen LogP) is 1.64. The standard InChI is InChI=1S/C13H16N2O2/c1-17-13-6-11(14-7-15-13)5-12(16)10-3-8-2-9(8)4-10/h6-10H,2-5H2,1H3. The third-order valence-electron chi connectivity index (χ3n) is 3.96. The number of carbonyl (C=O) groups excluding carboxylic acids is 1. The van der Waals surface area contributed by atoms with Gasteiger partial charge in [-0.25, -0.2) is 9.97 Å². The van der Waals surface area contributed by atoms with Crippen LogP contribution in [-0.2, 0) is 11.2 Å². The molecule has 0 bridgehead atoms. The third kappa shape index (κ3) is 2.16. The lowest BCUT2D eigenvalue weighted by Gasteiger charge is -2.10. The Morgan fingerprint density at radius 2 is 2.12 bits per heavy atom. The summed E-state index contributed by atoms with van der Waals surface area (Å²) in [5, 5.41) is 0. The number of ether oxygens (including phenoxy) is 1. The van der Waals surface area contributed by atoms with E-state index in [1.807, 2.05) is 0 Å². The molecule has 1 heterocycles. The number of carbonyl (C=O) groups is 1. The van der Waals surface area contributed by atoms with Crippen molar-refractivity contribution in [2.75, 3.05) is 7.11 Å². The fourth-order valence-corrected chi connectivity index (χ4v) is 2.89. The predicted molar refractivity (Wildman–Crippen MR) is 61.6 cm³/mol. The summed E-state index contributed by atoms with van der Waals surface area (Å²) in [7, 11) is 1.57. The highest BCUT2D eigenvalue weighted by Crippen LogP contribution is 2.54. The van der Waals surface area contributed by atoms with Gasteiger partial charge in [0.1, 0.15) is 12.1 Å². The lowest BCUT2D eigenvalue weighted by Crippen LogP contribution is -2.16. The van der Waals surface area contributed by atoms with Crippen LogP contribution in [0.25, 0.3) is 0 Å². The fourth-order valence-electron chi connectivity index (χ4n) is 2.89. The van der Waals surface area contributed by atoms with E-state index < -0.39 is 0 Å². The number of methoxy groups -OCH3 is 1. The minimum absolute atomic E-state index is 0.278. The number of fused-ring (bicyclic) bond motifs is 1. The number of nitrogens with zero attached hydrogens (tertiary/aromatic N) is 2. The van der Waals surface area contributed by atoms with Crippen molar-refractivity contribution in [1.82, 2.24) is 9.97 Å². The van der Waals surface area contributed by atoms with Gasteiger partial charge in [-0.05, 0) is 31.1 Å². The molecule has 2 atom stereocenters. The molecule has 0 aliphatic heterocycles. The van der Waals surface area contributed by atoms with E-state index >= 15 is 0 Å². The lowest BCUT2D eigenvalue weighted by atomic mass is 9.95. The number of hydrogen-bond acceptors (Lipinski definition) is 4. The summed E-state index contributed by atoms with van der Waals surface area (Å²) in [6.07, 6.45) is 5.43. The van der Waals surface area contributed by atoms with Crippen molar-refractivity contribution in [3.05, 3.63) is 18.1 Å². The molecule has 0 radical (unpaired) electrons. The number of rotatable bonds is 4. The minimum atomic E-state index is 0.278. The number of hydrogen-bond donors (Lipinski definition) is 0. The number of Topliss-reactive ketones (excluding diaryl/α,β-unsaturated/α-hetero) is 1. The topological polar surface area (TPSA) is 52.1 Å². The molecule has 0 N–H and O–H groups in total. The molecular weight excluding hydrogens is 216 g/mol. The van der Waals surface area contributed by atoms with Gasteiger partial charge in [-0.15, -0.1) is 0 Å². The van der Waals surface area contributed by atoms with Gasteiger partial charge in [0.25, 0.3) is 0 Å². The molecule has 17 heavy (non-hydrogen) atoms. The van der Waals surface area contributed by atoms with Crippen LogP contribution in [-0.4, -0.2) is 22.9 Å². The average Bonchev–Trinajstić information content (AvgIpc) is 2.96. The van der Waals surface area contributed by atoms with E-state index in [1.54, 1.807) is 13.2 Å². The van der Waals surface area contributed by atoms with E-state index in [4.69, 9.17) is 4.74 Å². The molecule has 3 rings (SSSR count). The molecule has 2 saturated carbocycles. The summed E-state index contributed by atoms with van der Waals surface area (Å²) < 4.78 is 5.02. The molecule has 0 aromatic carbocycles. The van der Waals surface area contributed by atoms with Crippen molar-refractivity contribution < 1.29 is 9.53 Å². The van der Waals surface area contributed by atoms with E-state index in [9.17, 15) is 4.79 Å². The molecule has 2 fully saturated rings. The molecule has 0 spiro atoms. The van der Waals surface area contributed by atoms with Crippen LogP contribution < -0.4 is 4.74 Å². The van der Waals surface area contributed by atoms with Crippen LogP contribution in [0.5, 0.6) is 5.88 Å². The zero-order valence-electron chi connectivity index (χ0n) is 9.93. The van der Waals surface area contributed by atoms with Crippen LogP contribution in [0, 0.1) is 17.8 Å². The summed E-state index contributed by atoms with van der Waals surface area (Å²) in [5.41, 5.74) is 0.766. The molecule has 4 heteroatoms. The van der Waals surface area contributed by atoms with Crippen molar-refractivity contribution in [2.24, 2.45) is 17.8 Å². The van der Waals surface area contributed by atoms with E-state index in [0.29, 0.717) is 18.1 Å². The normalized spacial score (nSPS) is 29.8. The monoisotopic (exact) mass is 232 g/mol. The highest BCUT2D eigenvalue weighted by Gasteiger charge is 2.47. The highest BCUT2D eigenvalue weighted by molar-refractivity contribution is 5.83. The Hall–Kier alpha value is -1.45. The number of ketones is 1. The SMILES string of the molecule is COc1cc(CC(=O)C2CC3CC3C2)ncn1. The summed E-state index contributed by atoms with van der Waals surface area (Å²) >= 11 is 0. The second-order valence-electron chi connectivity index (χ2n) is 5.12. The fraction of sp³-hybridized carbons (Fsp3) is 0.615. The van der Waals surface area contributed by atoms with Crippen LogP contribution >= 0.6 is 0 Å². The summed E-state index contributed by atoms with van der Waals surface area (Å²) in [6, 6.07) is 1.74. The van der Waals surface area contributed by atoms with Crippen molar-refractivity contribution >= 4 is 5.78 Å². The molecule has 4 nitrogen and oxygen atoms in total. The van der Waals surface area contributed by atoms with Crippen LogP contribution in [0.2, 0.25) is 0 Å². The maximum absolute atomic E-state index is 12.1. The van der Waals surface area contributed by atoms with Crippen LogP contribution in [0.3, 0.4) is 0 Å². The van der Waals surface area contributed by atoms with Crippen molar-refractivity contribution in [2.45, 2.75) is 25.7 Å². The van der Waals surface area contributed by atoms with Gasteiger partial charge in [0.15, 0.2) is 0 Å². The van der Waals surface area contributed by atoms with E-state index in [-0.39, 0.29) is 5.92 Å². The van der Waals surface area contributed by atoms with Gasteiger partial charge >= 0.3 is 0 Å². The van der Waals surface area contributed by atoms with E-state index in [2.05, 4.69) is 9.97 Å². The van der Waals surface area contributed by atoms with Crippen LogP contribution in [0.15, 0.2) is 12.4 Å². The Kier molecular flexibility index (Phi) is 2.57. The largest absolute Gasteiger partial charge is 0.481 e. The Labute approximate surface area is 100 Å². The second kappa shape index (κ2) is 4.09. The zero-order chi connectivity index (χ0) is 11.8. The van der Waals surface area contributed by atoms with Gasteiger partial charge in [-0.2, -0.15) is 0 Å². The van der Waals surface area contributed by atoms with Gasteiger partial charge < -0.3 is 4.74 Å². The Balaban J connectivity index is 1.63. The Bertz CT molecular complexity index is 437. The summed E-state index contributed by atoms with van der Waals surface area (Å²) in [4.78, 5) is 20.1.